The highest BCUT2D eigenvalue weighted by atomic mass is 32.1. The van der Waals surface area contributed by atoms with E-state index < -0.39 is 8.07 Å². The van der Waals surface area contributed by atoms with Gasteiger partial charge in [0.25, 0.3) is 0 Å². The predicted octanol–water partition coefficient (Wildman–Crippen LogP) is 2.28. The number of rotatable bonds is 4. The summed E-state index contributed by atoms with van der Waals surface area (Å²) in [7, 11) is -2.31. The van der Waals surface area contributed by atoms with Crippen molar-refractivity contribution in [3.8, 4) is 0 Å². The largest absolute Gasteiger partial charge is 0.243 e. The number of aromatic nitrogens is 3. The molecule has 0 aliphatic heterocycles. The molecule has 0 bridgehead atoms. The van der Waals surface area contributed by atoms with Crippen LogP contribution in [0.3, 0.4) is 0 Å². The third-order valence-electron chi connectivity index (χ3n) is 4.02. The molecule has 0 atom stereocenters. The zero-order chi connectivity index (χ0) is 16.4. The third kappa shape index (κ3) is 3.20. The van der Waals surface area contributed by atoms with Gasteiger partial charge in [0.05, 0.1) is 0 Å². The second-order valence-corrected chi connectivity index (χ2v) is 10.1. The molecular formula is C16H15F2N3SSi. The molecular weight excluding hydrogens is 332 g/mol. The van der Waals surface area contributed by atoms with E-state index in [0.717, 1.165) is 10.4 Å². The van der Waals surface area contributed by atoms with Crippen molar-refractivity contribution < 1.29 is 8.78 Å². The molecule has 118 valence electrons. The average Bonchev–Trinajstić information content (AvgIpc) is 2.93. The van der Waals surface area contributed by atoms with Gasteiger partial charge in [-0.2, -0.15) is 5.10 Å². The molecule has 0 radical (unpaired) electrons. The molecule has 0 aliphatic carbocycles. The van der Waals surface area contributed by atoms with Crippen molar-refractivity contribution in [1.82, 2.24) is 14.8 Å². The van der Waals surface area contributed by atoms with E-state index in [0.29, 0.717) is 11.3 Å². The lowest BCUT2D eigenvalue weighted by Gasteiger charge is -2.28. The van der Waals surface area contributed by atoms with Crippen molar-refractivity contribution in [2.75, 3.05) is 0 Å². The van der Waals surface area contributed by atoms with E-state index in [1.165, 1.54) is 30.6 Å². The van der Waals surface area contributed by atoms with Crippen molar-refractivity contribution in [1.29, 1.82) is 0 Å². The first-order valence-electron chi connectivity index (χ1n) is 7.08. The third-order valence-corrected chi connectivity index (χ3v) is 8.52. The van der Waals surface area contributed by atoms with E-state index in [9.17, 15) is 8.78 Å². The monoisotopic (exact) mass is 347 g/mol. The van der Waals surface area contributed by atoms with Gasteiger partial charge in [-0.25, -0.2) is 18.4 Å². The number of hydrogen-bond donors (Lipinski definition) is 1. The van der Waals surface area contributed by atoms with Crippen molar-refractivity contribution >= 4 is 31.1 Å². The van der Waals surface area contributed by atoms with Gasteiger partial charge in [-0.15, -0.1) is 12.6 Å². The quantitative estimate of drug-likeness (QED) is 0.580. The van der Waals surface area contributed by atoms with Crippen LogP contribution in [0.1, 0.15) is 0 Å². The number of thiol groups is 1. The number of benzene rings is 2. The minimum Gasteiger partial charge on any atom is -0.243 e. The smallest absolute Gasteiger partial charge is 0.182 e. The molecule has 7 heteroatoms. The SMILES string of the molecule is C[Si](Cn1ncnc1S)(c1ccc(F)cc1)c1ccc(F)cc1. The van der Waals surface area contributed by atoms with Crippen LogP contribution in [0.25, 0.3) is 0 Å². The lowest BCUT2D eigenvalue weighted by molar-refractivity contribution is 0.628. The summed E-state index contributed by atoms with van der Waals surface area (Å²) in [6.45, 7) is 2.14. The minimum absolute atomic E-state index is 0.278. The van der Waals surface area contributed by atoms with Gasteiger partial charge in [-0.1, -0.05) is 41.2 Å². The molecule has 0 saturated carbocycles. The van der Waals surface area contributed by atoms with Gasteiger partial charge >= 0.3 is 0 Å². The summed E-state index contributed by atoms with van der Waals surface area (Å²) in [6, 6.07) is 13.0. The Kier molecular flexibility index (Phi) is 4.32. The molecule has 0 unspecified atom stereocenters. The van der Waals surface area contributed by atoms with Crippen LogP contribution in [0.15, 0.2) is 60.0 Å². The van der Waals surface area contributed by atoms with Crippen LogP contribution in [-0.2, 0) is 6.17 Å². The van der Waals surface area contributed by atoms with Crippen molar-refractivity contribution in [2.45, 2.75) is 17.9 Å². The highest BCUT2D eigenvalue weighted by Crippen LogP contribution is 2.12. The van der Waals surface area contributed by atoms with Crippen LogP contribution in [0.4, 0.5) is 8.78 Å². The zero-order valence-corrected chi connectivity index (χ0v) is 14.3. The fourth-order valence-electron chi connectivity index (χ4n) is 2.65. The molecule has 0 N–H and O–H groups in total. The lowest BCUT2D eigenvalue weighted by Crippen LogP contribution is -2.59. The predicted molar refractivity (Wildman–Crippen MR) is 91.0 cm³/mol. The van der Waals surface area contributed by atoms with Crippen LogP contribution in [0.2, 0.25) is 6.55 Å². The van der Waals surface area contributed by atoms with E-state index in [1.54, 1.807) is 28.9 Å². The summed E-state index contributed by atoms with van der Waals surface area (Å²) < 4.78 is 28.3. The molecule has 3 rings (SSSR count). The van der Waals surface area contributed by atoms with E-state index in [2.05, 4.69) is 29.3 Å². The lowest BCUT2D eigenvalue weighted by atomic mass is 10.3. The molecule has 2 aromatic carbocycles. The fourth-order valence-corrected chi connectivity index (χ4v) is 6.29. The summed E-state index contributed by atoms with van der Waals surface area (Å²) in [5, 5.41) is 6.80. The van der Waals surface area contributed by atoms with Crippen LogP contribution in [0, 0.1) is 11.6 Å². The first kappa shape index (κ1) is 15.9. The molecule has 0 amide bonds. The molecule has 0 spiro atoms. The summed E-state index contributed by atoms with van der Waals surface area (Å²) in [6.07, 6.45) is 2.04. The maximum Gasteiger partial charge on any atom is 0.182 e. The Labute approximate surface area is 139 Å². The van der Waals surface area contributed by atoms with Crippen molar-refractivity contribution in [3.05, 3.63) is 66.5 Å². The van der Waals surface area contributed by atoms with Gasteiger partial charge in [0.15, 0.2) is 5.16 Å². The molecule has 23 heavy (non-hydrogen) atoms. The Hall–Kier alpha value is -1.99. The van der Waals surface area contributed by atoms with Gasteiger partial charge in [-0.05, 0) is 24.3 Å². The summed E-state index contributed by atoms with van der Waals surface area (Å²) >= 11 is 4.31. The fraction of sp³-hybridized carbons (Fsp3) is 0.125. The Balaban J connectivity index is 2.10. The number of halogens is 2. The molecule has 3 nitrogen and oxygen atoms in total. The van der Waals surface area contributed by atoms with E-state index in [-0.39, 0.29) is 11.6 Å². The maximum atomic E-state index is 13.3. The zero-order valence-electron chi connectivity index (χ0n) is 12.4. The summed E-state index contributed by atoms with van der Waals surface area (Å²) in [5.41, 5.74) is 0. The molecule has 0 aliphatic rings. The van der Waals surface area contributed by atoms with Gasteiger partial charge in [0.1, 0.15) is 26.0 Å². The Morgan fingerprint density at radius 3 is 1.83 bits per heavy atom. The average molecular weight is 347 g/mol. The van der Waals surface area contributed by atoms with Gasteiger partial charge in [0.2, 0.25) is 0 Å². The van der Waals surface area contributed by atoms with Gasteiger partial charge < -0.3 is 0 Å². The molecule has 3 aromatic rings. The van der Waals surface area contributed by atoms with Crippen LogP contribution >= 0.6 is 12.6 Å². The van der Waals surface area contributed by atoms with Crippen molar-refractivity contribution in [2.24, 2.45) is 0 Å². The highest BCUT2D eigenvalue weighted by Gasteiger charge is 2.33. The van der Waals surface area contributed by atoms with Crippen LogP contribution < -0.4 is 10.4 Å². The first-order chi connectivity index (χ1) is 11.0. The highest BCUT2D eigenvalue weighted by molar-refractivity contribution is 7.80. The van der Waals surface area contributed by atoms with E-state index in [1.807, 2.05) is 0 Å². The second kappa shape index (κ2) is 6.25. The molecule has 1 aromatic heterocycles. The summed E-state index contributed by atoms with van der Waals surface area (Å²) in [4.78, 5) is 4.03. The molecule has 1 heterocycles. The minimum atomic E-state index is -2.31. The second-order valence-electron chi connectivity index (χ2n) is 5.56. The van der Waals surface area contributed by atoms with Gasteiger partial charge in [-0.3, -0.25) is 0 Å². The van der Waals surface area contributed by atoms with Crippen LogP contribution in [-0.4, -0.2) is 22.8 Å². The number of nitrogens with zero attached hydrogens (tertiary/aromatic N) is 3. The standard InChI is InChI=1S/C16H15F2N3SSi/c1-23(11-21-16(22)19-10-20-21,14-6-2-12(17)3-7-14)15-8-4-13(18)5-9-15/h2-10H,11H2,1H3,(H,19,20,22). The molecule has 0 fully saturated rings. The Morgan fingerprint density at radius 2 is 1.43 bits per heavy atom. The normalized spacial score (nSPS) is 11.7. The van der Waals surface area contributed by atoms with Crippen molar-refractivity contribution in [3.63, 3.8) is 0 Å². The van der Waals surface area contributed by atoms with Gasteiger partial charge in [0, 0.05) is 6.17 Å². The van der Waals surface area contributed by atoms with E-state index in [4.69, 9.17) is 0 Å². The maximum absolute atomic E-state index is 13.3. The Morgan fingerprint density at radius 1 is 0.957 bits per heavy atom. The van der Waals surface area contributed by atoms with E-state index >= 15 is 0 Å². The molecule has 0 saturated heterocycles. The van der Waals surface area contributed by atoms with Crippen LogP contribution in [0.5, 0.6) is 0 Å². The topological polar surface area (TPSA) is 30.7 Å². The summed E-state index contributed by atoms with van der Waals surface area (Å²) in [5.74, 6) is -0.556. The number of hydrogen-bond acceptors (Lipinski definition) is 3. The first-order valence-corrected chi connectivity index (χ1v) is 10.2. The Bertz CT molecular complexity index is 757.